The smallest absolute Gasteiger partial charge is 0.254 e. The summed E-state index contributed by atoms with van der Waals surface area (Å²) in [5.74, 6) is 0.669. The minimum Gasteiger partial charge on any atom is -0.490 e. The molecule has 2 fully saturated rings. The molecule has 6 nitrogen and oxygen atoms in total. The normalized spacial score (nSPS) is 20.8. The molecule has 0 bridgehead atoms. The van der Waals surface area contributed by atoms with Crippen molar-refractivity contribution < 1.29 is 19.1 Å². The zero-order valence-electron chi connectivity index (χ0n) is 20.0. The van der Waals surface area contributed by atoms with E-state index in [9.17, 15) is 9.59 Å². The molecule has 0 radical (unpaired) electrons. The first-order valence-electron chi connectivity index (χ1n) is 12.0. The van der Waals surface area contributed by atoms with Crippen LogP contribution in [0, 0.1) is 13.8 Å². The van der Waals surface area contributed by atoms with E-state index < -0.39 is 5.60 Å². The van der Waals surface area contributed by atoms with Crippen molar-refractivity contribution in [2.75, 3.05) is 39.4 Å². The first kappa shape index (κ1) is 24.6. The molecule has 2 aromatic carbocycles. The Morgan fingerprint density at radius 2 is 1.82 bits per heavy atom. The maximum Gasteiger partial charge on any atom is 0.254 e. The fourth-order valence-electron chi connectivity index (χ4n) is 4.68. The van der Waals surface area contributed by atoms with Crippen molar-refractivity contribution in [1.29, 1.82) is 0 Å². The number of benzene rings is 2. The molecule has 34 heavy (non-hydrogen) atoms. The van der Waals surface area contributed by atoms with Gasteiger partial charge in [-0.05, 0) is 69.0 Å². The SMILES string of the molecule is Cc1cccc(C(=O)N2CCO[C@](COc3ccc(Cl)c(C)c3)(CC(=O)N3CCCCC3)C2)c1. The van der Waals surface area contributed by atoms with Crippen LogP contribution in [0.2, 0.25) is 5.02 Å². The van der Waals surface area contributed by atoms with Crippen LogP contribution in [0.1, 0.15) is 47.2 Å². The number of nitrogens with zero attached hydrogens (tertiary/aromatic N) is 2. The number of halogens is 1. The Bertz CT molecular complexity index is 1040. The molecule has 2 saturated heterocycles. The van der Waals surface area contributed by atoms with Gasteiger partial charge in [0, 0.05) is 30.2 Å². The highest BCUT2D eigenvalue weighted by Gasteiger charge is 2.42. The van der Waals surface area contributed by atoms with Gasteiger partial charge in [-0.1, -0.05) is 29.3 Å². The summed E-state index contributed by atoms with van der Waals surface area (Å²) in [6, 6.07) is 13.1. The van der Waals surface area contributed by atoms with E-state index in [2.05, 4.69) is 0 Å². The summed E-state index contributed by atoms with van der Waals surface area (Å²) >= 11 is 6.16. The van der Waals surface area contributed by atoms with Crippen molar-refractivity contribution >= 4 is 23.4 Å². The zero-order valence-corrected chi connectivity index (χ0v) is 20.8. The van der Waals surface area contributed by atoms with Gasteiger partial charge in [-0.3, -0.25) is 9.59 Å². The Balaban J connectivity index is 1.54. The van der Waals surface area contributed by atoms with Crippen LogP contribution in [-0.4, -0.2) is 66.6 Å². The third-order valence-electron chi connectivity index (χ3n) is 6.61. The van der Waals surface area contributed by atoms with E-state index in [0.717, 1.165) is 43.5 Å². The molecule has 2 aliphatic rings. The van der Waals surface area contributed by atoms with E-state index >= 15 is 0 Å². The van der Waals surface area contributed by atoms with Crippen molar-refractivity contribution in [3.05, 3.63) is 64.2 Å². The van der Waals surface area contributed by atoms with Gasteiger partial charge in [0.05, 0.1) is 19.6 Å². The Morgan fingerprint density at radius 3 is 2.56 bits per heavy atom. The van der Waals surface area contributed by atoms with E-state index in [0.29, 0.717) is 36.0 Å². The number of carbonyl (C=O) groups is 2. The van der Waals surface area contributed by atoms with Gasteiger partial charge >= 0.3 is 0 Å². The molecule has 0 unspecified atom stereocenters. The molecular formula is C27H33ClN2O4. The topological polar surface area (TPSA) is 59.1 Å². The molecule has 0 saturated carbocycles. The van der Waals surface area contributed by atoms with Crippen LogP contribution in [0.15, 0.2) is 42.5 Å². The molecule has 2 heterocycles. The second-order valence-electron chi connectivity index (χ2n) is 9.45. The van der Waals surface area contributed by atoms with E-state index in [1.54, 1.807) is 11.0 Å². The lowest BCUT2D eigenvalue weighted by atomic mass is 9.95. The standard InChI is InChI=1S/C27H33ClN2O4/c1-20-7-6-8-22(15-20)26(32)30-13-14-34-27(18-30,17-25(31)29-11-4-3-5-12-29)19-33-23-9-10-24(28)21(2)16-23/h6-10,15-16H,3-5,11-14,17-19H2,1-2H3/t27-/m1/s1. The molecule has 1 atom stereocenters. The molecule has 0 aromatic heterocycles. The average molecular weight is 485 g/mol. The molecule has 2 aromatic rings. The number of likely N-dealkylation sites (tertiary alicyclic amines) is 1. The first-order chi connectivity index (χ1) is 16.3. The maximum atomic E-state index is 13.3. The molecule has 7 heteroatoms. The van der Waals surface area contributed by atoms with Crippen LogP contribution < -0.4 is 4.74 Å². The molecule has 2 amide bonds. The number of rotatable bonds is 6. The molecule has 0 N–H and O–H groups in total. The quantitative estimate of drug-likeness (QED) is 0.598. The number of carbonyl (C=O) groups excluding carboxylic acids is 2. The van der Waals surface area contributed by atoms with Crippen molar-refractivity contribution in [2.24, 2.45) is 0 Å². The molecular weight excluding hydrogens is 452 g/mol. The Hall–Kier alpha value is -2.57. The van der Waals surface area contributed by atoms with Gasteiger partial charge in [0.15, 0.2) is 0 Å². The van der Waals surface area contributed by atoms with Crippen LogP contribution in [-0.2, 0) is 9.53 Å². The monoisotopic (exact) mass is 484 g/mol. The third-order valence-corrected chi connectivity index (χ3v) is 7.04. The van der Waals surface area contributed by atoms with Gasteiger partial charge in [0.2, 0.25) is 5.91 Å². The van der Waals surface area contributed by atoms with Gasteiger partial charge in [-0.15, -0.1) is 0 Å². The van der Waals surface area contributed by atoms with Crippen LogP contribution in [0.25, 0.3) is 0 Å². The Labute approximate surface area is 206 Å². The number of ether oxygens (including phenoxy) is 2. The Morgan fingerprint density at radius 1 is 1.03 bits per heavy atom. The average Bonchev–Trinajstić information content (AvgIpc) is 2.85. The number of piperidine rings is 1. The van der Waals surface area contributed by atoms with E-state index in [1.807, 2.05) is 55.1 Å². The summed E-state index contributed by atoms with van der Waals surface area (Å²) in [5, 5.41) is 0.672. The van der Waals surface area contributed by atoms with Gasteiger partial charge in [0.25, 0.3) is 5.91 Å². The Kier molecular flexibility index (Phi) is 7.79. The third kappa shape index (κ3) is 5.91. The molecule has 4 rings (SSSR count). The summed E-state index contributed by atoms with van der Waals surface area (Å²) in [5.41, 5.74) is 1.68. The van der Waals surface area contributed by atoms with Crippen molar-refractivity contribution in [3.63, 3.8) is 0 Å². The maximum absolute atomic E-state index is 13.3. The van der Waals surface area contributed by atoms with Gasteiger partial charge in [-0.25, -0.2) is 0 Å². The lowest BCUT2D eigenvalue weighted by Crippen LogP contribution is -2.58. The number of hydrogen-bond acceptors (Lipinski definition) is 4. The minimum absolute atomic E-state index is 0.0517. The highest BCUT2D eigenvalue weighted by Crippen LogP contribution is 2.28. The van der Waals surface area contributed by atoms with Crippen LogP contribution in [0.3, 0.4) is 0 Å². The number of aryl methyl sites for hydroxylation is 2. The molecule has 2 aliphatic heterocycles. The van der Waals surface area contributed by atoms with Gasteiger partial charge in [-0.2, -0.15) is 0 Å². The minimum atomic E-state index is -0.917. The largest absolute Gasteiger partial charge is 0.490 e. The predicted molar refractivity (Wildman–Crippen MR) is 132 cm³/mol. The zero-order chi connectivity index (χ0) is 24.1. The van der Waals surface area contributed by atoms with E-state index in [-0.39, 0.29) is 24.8 Å². The van der Waals surface area contributed by atoms with Crippen molar-refractivity contribution in [3.8, 4) is 5.75 Å². The molecule has 0 aliphatic carbocycles. The second kappa shape index (κ2) is 10.8. The molecule has 182 valence electrons. The van der Waals surface area contributed by atoms with E-state index in [4.69, 9.17) is 21.1 Å². The van der Waals surface area contributed by atoms with Crippen LogP contribution >= 0.6 is 11.6 Å². The lowest BCUT2D eigenvalue weighted by Gasteiger charge is -2.43. The summed E-state index contributed by atoms with van der Waals surface area (Å²) < 4.78 is 12.4. The highest BCUT2D eigenvalue weighted by molar-refractivity contribution is 6.31. The first-order valence-corrected chi connectivity index (χ1v) is 12.4. The van der Waals surface area contributed by atoms with Gasteiger partial charge < -0.3 is 19.3 Å². The van der Waals surface area contributed by atoms with Crippen molar-refractivity contribution in [2.45, 2.75) is 45.1 Å². The van der Waals surface area contributed by atoms with Crippen LogP contribution in [0.4, 0.5) is 0 Å². The van der Waals surface area contributed by atoms with Gasteiger partial charge in [0.1, 0.15) is 18.0 Å². The van der Waals surface area contributed by atoms with E-state index in [1.165, 1.54) is 0 Å². The summed E-state index contributed by atoms with van der Waals surface area (Å²) in [6.45, 7) is 6.75. The number of amides is 2. The predicted octanol–water partition coefficient (Wildman–Crippen LogP) is 4.65. The fraction of sp³-hybridized carbons (Fsp3) is 0.481. The van der Waals surface area contributed by atoms with Crippen molar-refractivity contribution in [1.82, 2.24) is 9.80 Å². The highest BCUT2D eigenvalue weighted by atomic mass is 35.5. The molecule has 0 spiro atoms. The summed E-state index contributed by atoms with van der Waals surface area (Å²) in [4.78, 5) is 30.3. The lowest BCUT2D eigenvalue weighted by molar-refractivity contribution is -0.153. The summed E-state index contributed by atoms with van der Waals surface area (Å²) in [7, 11) is 0. The number of morpholine rings is 1. The van der Waals surface area contributed by atoms with Crippen LogP contribution in [0.5, 0.6) is 5.75 Å². The second-order valence-corrected chi connectivity index (χ2v) is 9.85. The number of hydrogen-bond donors (Lipinski definition) is 0. The summed E-state index contributed by atoms with van der Waals surface area (Å²) in [6.07, 6.45) is 3.39. The fourth-order valence-corrected chi connectivity index (χ4v) is 4.79.